The number of hydrogen-bond acceptors (Lipinski definition) is 3. The Hall–Kier alpha value is -1.00. The molecule has 1 aromatic rings. The second-order valence-corrected chi connectivity index (χ2v) is 6.47. The molecule has 1 spiro atoms. The van der Waals surface area contributed by atoms with E-state index in [1.165, 1.54) is 5.56 Å². The lowest BCUT2D eigenvalue weighted by Gasteiger charge is -2.30. The third-order valence-corrected chi connectivity index (χ3v) is 4.90. The van der Waals surface area contributed by atoms with Crippen LogP contribution in [0.15, 0.2) is 30.3 Å². The summed E-state index contributed by atoms with van der Waals surface area (Å²) in [6.45, 7) is 2.15. The lowest BCUT2D eigenvalue weighted by Crippen LogP contribution is -2.40. The van der Waals surface area contributed by atoms with Gasteiger partial charge in [-0.05, 0) is 31.6 Å². The summed E-state index contributed by atoms with van der Waals surface area (Å²) in [5, 5.41) is 3.56. The minimum absolute atomic E-state index is 0.0401. The first kappa shape index (κ1) is 13.0. The summed E-state index contributed by atoms with van der Waals surface area (Å²) >= 11 is 1.79. The second kappa shape index (κ2) is 4.84. The molecule has 1 aliphatic carbocycles. The van der Waals surface area contributed by atoms with Crippen LogP contribution in [-0.2, 0) is 4.79 Å². The number of carbonyl (C=O) groups excluding carboxylic acids is 1. The van der Waals surface area contributed by atoms with Gasteiger partial charge in [0.1, 0.15) is 11.7 Å². The molecule has 2 fully saturated rings. The van der Waals surface area contributed by atoms with E-state index in [-0.39, 0.29) is 17.7 Å². The Labute approximate surface area is 118 Å². The molecule has 1 heterocycles. The molecule has 4 heteroatoms. The van der Waals surface area contributed by atoms with Crippen LogP contribution in [0, 0.1) is 0 Å². The number of carbonyl (C=O) groups is 1. The minimum Gasteiger partial charge on any atom is -0.318 e. The summed E-state index contributed by atoms with van der Waals surface area (Å²) in [5.41, 5.74) is 0.945. The van der Waals surface area contributed by atoms with E-state index in [2.05, 4.69) is 35.5 Å². The van der Waals surface area contributed by atoms with E-state index in [0.717, 1.165) is 18.6 Å². The standard InChI is InChI=1S/C15H20N2OS/c1-11(10-19-2)17-13(12-6-4-3-5-7-12)16-15(8-9-15)14(17)18/h3-7,11,13,16H,8-10H2,1-2H3. The predicted octanol–water partition coefficient (Wildman–Crippen LogP) is 2.40. The maximum absolute atomic E-state index is 12.6. The summed E-state index contributed by atoms with van der Waals surface area (Å²) in [4.78, 5) is 14.7. The summed E-state index contributed by atoms with van der Waals surface area (Å²) in [7, 11) is 0. The molecule has 0 aromatic heterocycles. The van der Waals surface area contributed by atoms with E-state index < -0.39 is 0 Å². The van der Waals surface area contributed by atoms with Gasteiger partial charge in [-0.2, -0.15) is 11.8 Å². The Kier molecular flexibility index (Phi) is 3.31. The number of nitrogens with zero attached hydrogens (tertiary/aromatic N) is 1. The van der Waals surface area contributed by atoms with Crippen molar-refractivity contribution in [3.05, 3.63) is 35.9 Å². The number of rotatable bonds is 4. The first-order valence-electron chi connectivity index (χ1n) is 6.82. The molecule has 1 saturated heterocycles. The average molecular weight is 276 g/mol. The SMILES string of the molecule is CSCC(C)N1C(=O)C2(CC2)NC1c1ccccc1. The quantitative estimate of drug-likeness (QED) is 0.916. The van der Waals surface area contributed by atoms with Crippen LogP contribution in [-0.4, -0.2) is 34.4 Å². The third kappa shape index (κ3) is 2.17. The number of thioether (sulfide) groups is 1. The zero-order chi connectivity index (χ0) is 13.5. The molecule has 19 heavy (non-hydrogen) atoms. The van der Waals surface area contributed by atoms with Gasteiger partial charge in [-0.1, -0.05) is 30.3 Å². The van der Waals surface area contributed by atoms with Gasteiger partial charge in [0.15, 0.2) is 0 Å². The Morgan fingerprint density at radius 1 is 1.42 bits per heavy atom. The fraction of sp³-hybridized carbons (Fsp3) is 0.533. The van der Waals surface area contributed by atoms with Gasteiger partial charge in [0.25, 0.3) is 0 Å². The fourth-order valence-corrected chi connectivity index (χ4v) is 3.54. The van der Waals surface area contributed by atoms with Crippen molar-refractivity contribution < 1.29 is 4.79 Å². The highest BCUT2D eigenvalue weighted by Gasteiger charge is 2.60. The van der Waals surface area contributed by atoms with Crippen molar-refractivity contribution in [3.8, 4) is 0 Å². The number of nitrogens with one attached hydrogen (secondary N) is 1. The van der Waals surface area contributed by atoms with Crippen LogP contribution in [0.5, 0.6) is 0 Å². The zero-order valence-corrected chi connectivity index (χ0v) is 12.2. The lowest BCUT2D eigenvalue weighted by molar-refractivity contribution is -0.132. The Balaban J connectivity index is 1.90. The van der Waals surface area contributed by atoms with Crippen molar-refractivity contribution in [2.24, 2.45) is 0 Å². The molecule has 0 bridgehead atoms. The smallest absolute Gasteiger partial charge is 0.244 e. The topological polar surface area (TPSA) is 32.3 Å². The van der Waals surface area contributed by atoms with Gasteiger partial charge in [0.2, 0.25) is 5.91 Å². The molecule has 1 aliphatic heterocycles. The van der Waals surface area contributed by atoms with Crippen LogP contribution in [0.25, 0.3) is 0 Å². The maximum Gasteiger partial charge on any atom is 0.244 e. The van der Waals surface area contributed by atoms with Crippen molar-refractivity contribution in [2.45, 2.75) is 37.5 Å². The Bertz CT molecular complexity index is 472. The third-order valence-electron chi connectivity index (χ3n) is 4.08. The molecule has 0 radical (unpaired) electrons. The zero-order valence-electron chi connectivity index (χ0n) is 11.4. The lowest BCUT2D eigenvalue weighted by atomic mass is 10.1. The highest BCUT2D eigenvalue weighted by atomic mass is 32.2. The molecule has 1 N–H and O–H groups in total. The van der Waals surface area contributed by atoms with Gasteiger partial charge in [0.05, 0.1) is 0 Å². The van der Waals surface area contributed by atoms with Gasteiger partial charge < -0.3 is 4.90 Å². The largest absolute Gasteiger partial charge is 0.318 e. The molecule has 1 saturated carbocycles. The van der Waals surface area contributed by atoms with Crippen LogP contribution in [0.1, 0.15) is 31.5 Å². The Morgan fingerprint density at radius 3 is 2.68 bits per heavy atom. The van der Waals surface area contributed by atoms with Crippen molar-refractivity contribution in [1.29, 1.82) is 0 Å². The van der Waals surface area contributed by atoms with Gasteiger partial charge in [0, 0.05) is 11.8 Å². The van der Waals surface area contributed by atoms with Crippen molar-refractivity contribution >= 4 is 17.7 Å². The maximum atomic E-state index is 12.6. The molecule has 2 aliphatic rings. The van der Waals surface area contributed by atoms with E-state index >= 15 is 0 Å². The van der Waals surface area contributed by atoms with Gasteiger partial charge >= 0.3 is 0 Å². The van der Waals surface area contributed by atoms with Gasteiger partial charge in [-0.15, -0.1) is 0 Å². The average Bonchev–Trinajstić information content (AvgIpc) is 3.13. The van der Waals surface area contributed by atoms with Crippen molar-refractivity contribution in [2.75, 3.05) is 12.0 Å². The summed E-state index contributed by atoms with van der Waals surface area (Å²) in [6, 6.07) is 10.6. The predicted molar refractivity (Wildman–Crippen MR) is 79.0 cm³/mol. The second-order valence-electron chi connectivity index (χ2n) is 5.56. The van der Waals surface area contributed by atoms with Crippen LogP contribution >= 0.6 is 11.8 Å². The number of hydrogen-bond donors (Lipinski definition) is 1. The van der Waals surface area contributed by atoms with Crippen LogP contribution in [0.3, 0.4) is 0 Å². The van der Waals surface area contributed by atoms with Crippen LogP contribution in [0.2, 0.25) is 0 Å². The van der Waals surface area contributed by atoms with Crippen molar-refractivity contribution in [1.82, 2.24) is 10.2 Å². The molecule has 1 amide bonds. The number of amides is 1. The summed E-state index contributed by atoms with van der Waals surface area (Å²) in [6.07, 6.45) is 4.10. The summed E-state index contributed by atoms with van der Waals surface area (Å²) in [5.74, 6) is 1.27. The first-order valence-corrected chi connectivity index (χ1v) is 8.22. The van der Waals surface area contributed by atoms with E-state index in [1.807, 2.05) is 18.2 Å². The molecular weight excluding hydrogens is 256 g/mol. The fourth-order valence-electron chi connectivity index (χ4n) is 2.90. The number of benzene rings is 1. The van der Waals surface area contributed by atoms with Crippen molar-refractivity contribution in [3.63, 3.8) is 0 Å². The normalized spacial score (nSPS) is 25.9. The van der Waals surface area contributed by atoms with E-state index in [0.29, 0.717) is 5.91 Å². The van der Waals surface area contributed by atoms with Crippen LogP contribution in [0.4, 0.5) is 0 Å². The molecule has 3 rings (SSSR count). The van der Waals surface area contributed by atoms with E-state index in [9.17, 15) is 4.79 Å². The van der Waals surface area contributed by atoms with Gasteiger partial charge in [-0.25, -0.2) is 0 Å². The highest BCUT2D eigenvalue weighted by Crippen LogP contribution is 2.46. The molecular formula is C15H20N2OS. The molecule has 102 valence electrons. The first-order chi connectivity index (χ1) is 9.18. The molecule has 2 atom stereocenters. The molecule has 3 nitrogen and oxygen atoms in total. The Morgan fingerprint density at radius 2 is 2.11 bits per heavy atom. The van der Waals surface area contributed by atoms with E-state index in [4.69, 9.17) is 0 Å². The highest BCUT2D eigenvalue weighted by molar-refractivity contribution is 7.98. The minimum atomic E-state index is -0.243. The van der Waals surface area contributed by atoms with E-state index in [1.54, 1.807) is 11.8 Å². The van der Waals surface area contributed by atoms with Crippen LogP contribution < -0.4 is 5.32 Å². The molecule has 1 aromatic carbocycles. The van der Waals surface area contributed by atoms with Gasteiger partial charge in [-0.3, -0.25) is 10.1 Å². The molecule has 2 unspecified atom stereocenters. The summed E-state index contributed by atoms with van der Waals surface area (Å²) < 4.78 is 0. The monoisotopic (exact) mass is 276 g/mol.